The molecule has 0 saturated carbocycles. The van der Waals surface area contributed by atoms with Crippen LogP contribution in [0.2, 0.25) is 5.15 Å². The van der Waals surface area contributed by atoms with Crippen LogP contribution in [-0.4, -0.2) is 26.2 Å². The lowest BCUT2D eigenvalue weighted by molar-refractivity contribution is -0.137. The normalized spacial score (nSPS) is 11.4. The molecule has 0 radical (unpaired) electrons. The van der Waals surface area contributed by atoms with Gasteiger partial charge in [0.05, 0.1) is 5.56 Å². The summed E-state index contributed by atoms with van der Waals surface area (Å²) in [5.74, 6) is -0.453. The number of benzene rings is 2. The highest BCUT2D eigenvalue weighted by Gasteiger charge is 2.30. The molecule has 11 heteroatoms. The van der Waals surface area contributed by atoms with Crippen LogP contribution in [0.15, 0.2) is 60.9 Å². The number of esters is 1. The van der Waals surface area contributed by atoms with E-state index in [4.69, 9.17) is 16.3 Å². The number of ether oxygens (including phenoxy) is 1. The molecular weight excluding hydrogens is 473 g/mol. The number of amides is 1. The first-order chi connectivity index (χ1) is 16.1. The lowest BCUT2D eigenvalue weighted by Crippen LogP contribution is -2.13. The Hall–Kier alpha value is -3.92. The van der Waals surface area contributed by atoms with Gasteiger partial charge in [0.25, 0.3) is 5.91 Å². The number of rotatable bonds is 5. The number of imidazole rings is 1. The Balaban J connectivity index is 1.48. The van der Waals surface area contributed by atoms with Crippen molar-refractivity contribution < 1.29 is 27.5 Å². The maximum Gasteiger partial charge on any atom is 0.416 e. The van der Waals surface area contributed by atoms with Gasteiger partial charge < -0.3 is 10.1 Å². The van der Waals surface area contributed by atoms with Crippen molar-refractivity contribution in [3.8, 4) is 5.75 Å². The number of carbonyl (C=O) groups is 2. The number of aromatic nitrogens is 3. The summed E-state index contributed by atoms with van der Waals surface area (Å²) in [6, 6.07) is 10.8. The molecule has 0 atom stereocenters. The Morgan fingerprint density at radius 3 is 2.38 bits per heavy atom. The molecule has 0 spiro atoms. The molecule has 0 aliphatic carbocycles. The van der Waals surface area contributed by atoms with Crippen molar-refractivity contribution >= 4 is 34.8 Å². The third-order valence-corrected chi connectivity index (χ3v) is 5.09. The fourth-order valence-corrected chi connectivity index (χ4v) is 3.47. The molecule has 0 aliphatic rings. The first-order valence-corrected chi connectivity index (χ1v) is 10.3. The van der Waals surface area contributed by atoms with E-state index in [1.807, 2.05) is 0 Å². The van der Waals surface area contributed by atoms with Gasteiger partial charge in [-0.1, -0.05) is 23.7 Å². The van der Waals surface area contributed by atoms with Crippen molar-refractivity contribution in [2.24, 2.45) is 0 Å². The number of alkyl halides is 3. The molecule has 4 rings (SSSR count). The van der Waals surface area contributed by atoms with Gasteiger partial charge in [-0.25, -0.2) is 9.97 Å². The second kappa shape index (κ2) is 9.14. The molecule has 0 bridgehead atoms. The zero-order valence-electron chi connectivity index (χ0n) is 17.6. The van der Waals surface area contributed by atoms with Crippen molar-refractivity contribution in [3.05, 3.63) is 88.6 Å². The minimum absolute atomic E-state index is 0.00400. The smallest absolute Gasteiger partial charge is 0.416 e. The molecule has 0 aliphatic heterocycles. The number of nitrogens with zero attached hydrogens (tertiary/aromatic N) is 3. The summed E-state index contributed by atoms with van der Waals surface area (Å²) in [7, 11) is 0. The molecule has 4 aromatic rings. The van der Waals surface area contributed by atoms with E-state index < -0.39 is 23.6 Å². The van der Waals surface area contributed by atoms with E-state index in [9.17, 15) is 22.8 Å². The molecule has 0 fully saturated rings. The van der Waals surface area contributed by atoms with E-state index in [1.165, 1.54) is 13.1 Å². The monoisotopic (exact) mass is 488 g/mol. The first-order valence-electron chi connectivity index (χ1n) is 9.89. The minimum atomic E-state index is -4.47. The van der Waals surface area contributed by atoms with E-state index in [0.717, 1.165) is 29.8 Å². The predicted octanol–water partition coefficient (Wildman–Crippen LogP) is 5.17. The molecule has 0 saturated heterocycles. The third-order valence-electron chi connectivity index (χ3n) is 4.83. The molecular formula is C23H16ClF3N4O3. The fraction of sp³-hybridized carbons (Fsp3) is 0.130. The molecule has 34 heavy (non-hydrogen) atoms. The molecule has 1 amide bonds. The highest BCUT2D eigenvalue weighted by molar-refractivity contribution is 6.31. The van der Waals surface area contributed by atoms with E-state index in [1.54, 1.807) is 34.9 Å². The summed E-state index contributed by atoms with van der Waals surface area (Å²) in [6.07, 6.45) is -0.906. The van der Waals surface area contributed by atoms with Crippen LogP contribution in [0.1, 0.15) is 34.2 Å². The Labute approximate surface area is 196 Å². The number of nitrogens with one attached hydrogen (secondary N) is 1. The number of anilines is 1. The van der Waals surface area contributed by atoms with Gasteiger partial charge in [-0.3, -0.25) is 14.0 Å². The van der Waals surface area contributed by atoms with E-state index in [-0.39, 0.29) is 16.5 Å². The topological polar surface area (TPSA) is 85.6 Å². The zero-order valence-corrected chi connectivity index (χ0v) is 18.3. The molecule has 2 aromatic carbocycles. The van der Waals surface area contributed by atoms with Gasteiger partial charge >= 0.3 is 12.1 Å². The SMILES string of the molecule is CC(=O)Oc1c(Cl)nc(Cc2ccc(NC(=O)c3ccc(C(F)(F)F)cc3)cc2)n2ccnc12. The van der Waals surface area contributed by atoms with Crippen molar-refractivity contribution in [1.29, 1.82) is 0 Å². The predicted molar refractivity (Wildman–Crippen MR) is 118 cm³/mol. The molecule has 0 unspecified atom stereocenters. The summed E-state index contributed by atoms with van der Waals surface area (Å²) in [4.78, 5) is 32.2. The molecule has 174 valence electrons. The Morgan fingerprint density at radius 1 is 1.09 bits per heavy atom. The van der Waals surface area contributed by atoms with Crippen LogP contribution in [0.4, 0.5) is 18.9 Å². The van der Waals surface area contributed by atoms with Crippen LogP contribution < -0.4 is 10.1 Å². The highest BCUT2D eigenvalue weighted by Crippen LogP contribution is 2.30. The molecule has 2 aromatic heterocycles. The summed E-state index contributed by atoms with van der Waals surface area (Å²) < 4.78 is 44.8. The lowest BCUT2D eigenvalue weighted by Gasteiger charge is -2.11. The standard InChI is InChI=1S/C23H16ClF3N4O3/c1-13(32)34-19-20(24)30-18(31-11-10-28-21(19)31)12-14-2-8-17(9-3-14)29-22(33)15-4-6-16(7-5-15)23(25,26)27/h2-11H,12H2,1H3,(H,29,33). The number of carbonyl (C=O) groups excluding carboxylic acids is 2. The summed E-state index contributed by atoms with van der Waals surface area (Å²) in [6.45, 7) is 1.25. The van der Waals surface area contributed by atoms with Crippen molar-refractivity contribution in [2.45, 2.75) is 19.5 Å². The van der Waals surface area contributed by atoms with Crippen LogP contribution in [0.5, 0.6) is 5.75 Å². The summed E-state index contributed by atoms with van der Waals surface area (Å²) in [5, 5.41) is 2.65. The van der Waals surface area contributed by atoms with Crippen LogP contribution in [-0.2, 0) is 17.4 Å². The largest absolute Gasteiger partial charge is 0.419 e. The van der Waals surface area contributed by atoms with Gasteiger partial charge in [-0.15, -0.1) is 0 Å². The van der Waals surface area contributed by atoms with Crippen LogP contribution in [0, 0.1) is 0 Å². The van der Waals surface area contributed by atoms with Gasteiger partial charge in [-0.2, -0.15) is 13.2 Å². The average molecular weight is 489 g/mol. The maximum atomic E-state index is 12.7. The van der Waals surface area contributed by atoms with Gasteiger partial charge in [0.15, 0.2) is 10.8 Å². The van der Waals surface area contributed by atoms with E-state index in [0.29, 0.717) is 23.6 Å². The quantitative estimate of drug-likeness (QED) is 0.309. The lowest BCUT2D eigenvalue weighted by atomic mass is 10.1. The number of halogens is 4. The number of hydrogen-bond acceptors (Lipinski definition) is 5. The third kappa shape index (κ3) is 5.01. The highest BCUT2D eigenvalue weighted by atomic mass is 35.5. The Morgan fingerprint density at radius 2 is 1.76 bits per heavy atom. The number of fused-ring (bicyclic) bond motifs is 1. The zero-order chi connectivity index (χ0) is 24.5. The first kappa shape index (κ1) is 23.2. The Bertz CT molecular complexity index is 1370. The van der Waals surface area contributed by atoms with Crippen molar-refractivity contribution in [1.82, 2.24) is 14.4 Å². The van der Waals surface area contributed by atoms with Crippen molar-refractivity contribution in [3.63, 3.8) is 0 Å². The molecule has 2 heterocycles. The van der Waals surface area contributed by atoms with E-state index in [2.05, 4.69) is 15.3 Å². The molecule has 7 nitrogen and oxygen atoms in total. The number of hydrogen-bond donors (Lipinski definition) is 1. The van der Waals surface area contributed by atoms with Gasteiger partial charge in [0.1, 0.15) is 5.82 Å². The van der Waals surface area contributed by atoms with Crippen molar-refractivity contribution in [2.75, 3.05) is 5.32 Å². The van der Waals surface area contributed by atoms with Crippen LogP contribution in [0.3, 0.4) is 0 Å². The van der Waals surface area contributed by atoms with Gasteiger partial charge in [0.2, 0.25) is 5.75 Å². The molecule has 1 N–H and O–H groups in total. The average Bonchev–Trinajstić information content (AvgIpc) is 3.27. The van der Waals surface area contributed by atoms with Gasteiger partial charge in [0, 0.05) is 37.0 Å². The van der Waals surface area contributed by atoms with Crippen LogP contribution >= 0.6 is 11.6 Å². The van der Waals surface area contributed by atoms with E-state index >= 15 is 0 Å². The van der Waals surface area contributed by atoms with Gasteiger partial charge in [-0.05, 0) is 42.0 Å². The minimum Gasteiger partial charge on any atom is -0.419 e. The summed E-state index contributed by atoms with van der Waals surface area (Å²) >= 11 is 6.20. The summed E-state index contributed by atoms with van der Waals surface area (Å²) in [5.41, 5.74) is 0.941. The Kier molecular flexibility index (Phi) is 6.25. The fourth-order valence-electron chi connectivity index (χ4n) is 3.25. The maximum absolute atomic E-state index is 12.7. The van der Waals surface area contributed by atoms with Crippen LogP contribution in [0.25, 0.3) is 5.65 Å². The second-order valence-corrected chi connectivity index (χ2v) is 7.62. The second-order valence-electron chi connectivity index (χ2n) is 7.27.